The zero-order valence-corrected chi connectivity index (χ0v) is 13.0. The highest BCUT2D eigenvalue weighted by Crippen LogP contribution is 2.32. The Morgan fingerprint density at radius 1 is 1.33 bits per heavy atom. The van der Waals surface area contributed by atoms with Crippen LogP contribution in [-0.2, 0) is 7.05 Å². The van der Waals surface area contributed by atoms with Crippen LogP contribution in [0.15, 0.2) is 18.2 Å². The summed E-state index contributed by atoms with van der Waals surface area (Å²) < 4.78 is 29.4. The van der Waals surface area contributed by atoms with Crippen molar-refractivity contribution in [2.45, 2.75) is 20.8 Å². The molecule has 0 aliphatic rings. The van der Waals surface area contributed by atoms with Gasteiger partial charge in [-0.1, -0.05) is 17.7 Å². The number of aromatic nitrogens is 2. The van der Waals surface area contributed by atoms with E-state index in [-0.39, 0.29) is 10.7 Å². The van der Waals surface area contributed by atoms with Gasteiger partial charge in [-0.25, -0.2) is 8.78 Å². The van der Waals surface area contributed by atoms with Crippen LogP contribution >= 0.6 is 11.6 Å². The molecule has 2 aromatic rings. The zero-order valence-electron chi connectivity index (χ0n) is 12.3. The second kappa shape index (κ2) is 5.85. The van der Waals surface area contributed by atoms with E-state index in [1.807, 2.05) is 26.8 Å². The van der Waals surface area contributed by atoms with E-state index in [1.54, 1.807) is 11.7 Å². The normalized spacial score (nSPS) is 11.9. The Morgan fingerprint density at radius 3 is 2.43 bits per heavy atom. The molecular formula is C15H16ClF2N3. The summed E-state index contributed by atoms with van der Waals surface area (Å²) in [5.41, 5.74) is 2.34. The molecule has 0 fully saturated rings. The number of hydrogen-bond donors (Lipinski definition) is 1. The van der Waals surface area contributed by atoms with E-state index < -0.39 is 11.6 Å². The van der Waals surface area contributed by atoms with Gasteiger partial charge in [0.25, 0.3) is 0 Å². The highest BCUT2D eigenvalue weighted by molar-refractivity contribution is 6.30. The summed E-state index contributed by atoms with van der Waals surface area (Å²) in [6.07, 6.45) is 1.92. The van der Waals surface area contributed by atoms with Crippen molar-refractivity contribution in [1.82, 2.24) is 9.78 Å². The van der Waals surface area contributed by atoms with Crippen LogP contribution in [0.2, 0.25) is 5.02 Å². The molecule has 0 spiro atoms. The number of aryl methyl sites for hydroxylation is 2. The molecular weight excluding hydrogens is 296 g/mol. The van der Waals surface area contributed by atoms with Crippen LogP contribution in [0.25, 0.3) is 5.57 Å². The molecule has 1 heterocycles. The lowest BCUT2D eigenvalue weighted by Crippen LogP contribution is -2.04. The predicted molar refractivity (Wildman–Crippen MR) is 81.9 cm³/mol. The van der Waals surface area contributed by atoms with Crippen LogP contribution in [0.3, 0.4) is 0 Å². The number of nitrogens with one attached hydrogen (secondary N) is 1. The number of benzene rings is 1. The van der Waals surface area contributed by atoms with Gasteiger partial charge in [-0.05, 0) is 38.5 Å². The minimum atomic E-state index is -0.747. The van der Waals surface area contributed by atoms with Gasteiger partial charge in [0.1, 0.15) is 11.5 Å². The van der Waals surface area contributed by atoms with Gasteiger partial charge in [0.05, 0.1) is 5.69 Å². The van der Waals surface area contributed by atoms with Gasteiger partial charge < -0.3 is 5.32 Å². The lowest BCUT2D eigenvalue weighted by atomic mass is 10.1. The molecule has 6 heteroatoms. The van der Waals surface area contributed by atoms with E-state index in [0.29, 0.717) is 5.82 Å². The Kier molecular flexibility index (Phi) is 4.32. The van der Waals surface area contributed by atoms with Gasteiger partial charge in [-0.2, -0.15) is 5.10 Å². The number of halogens is 3. The van der Waals surface area contributed by atoms with Gasteiger partial charge in [-0.15, -0.1) is 0 Å². The number of anilines is 2. The Hall–Kier alpha value is -1.88. The summed E-state index contributed by atoms with van der Waals surface area (Å²) >= 11 is 5.63. The fourth-order valence-electron chi connectivity index (χ4n) is 2.20. The quantitative estimate of drug-likeness (QED) is 0.880. The van der Waals surface area contributed by atoms with E-state index in [9.17, 15) is 8.78 Å². The maximum atomic E-state index is 13.9. The highest BCUT2D eigenvalue weighted by atomic mass is 35.5. The average molecular weight is 312 g/mol. The van der Waals surface area contributed by atoms with Crippen LogP contribution < -0.4 is 5.32 Å². The molecule has 112 valence electrons. The molecule has 0 aliphatic carbocycles. The molecule has 0 bridgehead atoms. The first-order valence-corrected chi connectivity index (χ1v) is 6.81. The smallest absolute Gasteiger partial charge is 0.151 e. The summed E-state index contributed by atoms with van der Waals surface area (Å²) in [5, 5.41) is 7.10. The molecule has 0 saturated heterocycles. The van der Waals surface area contributed by atoms with Crippen LogP contribution in [0.4, 0.5) is 20.3 Å². The van der Waals surface area contributed by atoms with E-state index in [4.69, 9.17) is 11.6 Å². The molecule has 0 atom stereocenters. The molecule has 21 heavy (non-hydrogen) atoms. The number of rotatable bonds is 3. The molecule has 0 amide bonds. The SMILES string of the molecule is CC=C(C)c1c(C)nn(C)c1Nc1c(F)cc(Cl)cc1F. The standard InChI is InChI=1S/C15H16ClF2N3/c1-5-8(2)13-9(3)20-21(4)15(13)19-14-11(17)6-10(16)7-12(14)18/h5-7,19H,1-4H3. The fraction of sp³-hybridized carbons (Fsp3) is 0.267. The van der Waals surface area contributed by atoms with Crippen molar-refractivity contribution in [2.75, 3.05) is 5.32 Å². The molecule has 0 saturated carbocycles. The summed E-state index contributed by atoms with van der Waals surface area (Å²) in [4.78, 5) is 0. The number of allylic oxidation sites excluding steroid dienone is 2. The Labute approximate surface area is 127 Å². The average Bonchev–Trinajstić information content (AvgIpc) is 2.67. The fourth-order valence-corrected chi connectivity index (χ4v) is 2.39. The second-order valence-corrected chi connectivity index (χ2v) is 5.21. The lowest BCUT2D eigenvalue weighted by molar-refractivity contribution is 0.590. The summed E-state index contributed by atoms with van der Waals surface area (Å²) in [6, 6.07) is 2.14. The first kappa shape index (κ1) is 15.5. The van der Waals surface area contributed by atoms with Gasteiger partial charge in [-0.3, -0.25) is 4.68 Å². The molecule has 0 unspecified atom stereocenters. The minimum Gasteiger partial charge on any atom is -0.335 e. The largest absolute Gasteiger partial charge is 0.335 e. The van der Waals surface area contributed by atoms with Crippen molar-refractivity contribution in [3.05, 3.63) is 46.1 Å². The second-order valence-electron chi connectivity index (χ2n) is 4.77. The first-order valence-electron chi connectivity index (χ1n) is 6.43. The maximum Gasteiger partial charge on any atom is 0.151 e. The van der Waals surface area contributed by atoms with E-state index >= 15 is 0 Å². The van der Waals surface area contributed by atoms with Gasteiger partial charge >= 0.3 is 0 Å². The van der Waals surface area contributed by atoms with Crippen LogP contribution in [0.5, 0.6) is 0 Å². The molecule has 1 aromatic heterocycles. The summed E-state index contributed by atoms with van der Waals surface area (Å²) in [6.45, 7) is 5.67. The first-order chi connectivity index (χ1) is 9.85. The van der Waals surface area contributed by atoms with E-state index in [0.717, 1.165) is 29.0 Å². The van der Waals surface area contributed by atoms with Gasteiger partial charge in [0, 0.05) is 17.6 Å². The van der Waals surface area contributed by atoms with Crippen LogP contribution in [0, 0.1) is 18.6 Å². The number of nitrogens with zero attached hydrogens (tertiary/aromatic N) is 2. The third kappa shape index (κ3) is 2.93. The minimum absolute atomic E-state index is 0.0154. The van der Waals surface area contributed by atoms with Crippen molar-refractivity contribution in [3.8, 4) is 0 Å². The predicted octanol–water partition coefficient (Wildman–Crippen LogP) is 4.83. The van der Waals surface area contributed by atoms with Gasteiger partial charge in [0.2, 0.25) is 0 Å². The van der Waals surface area contributed by atoms with Crippen molar-refractivity contribution in [1.29, 1.82) is 0 Å². The maximum absolute atomic E-state index is 13.9. The third-order valence-electron chi connectivity index (χ3n) is 3.30. The van der Waals surface area contributed by atoms with Crippen LogP contribution in [-0.4, -0.2) is 9.78 Å². The monoisotopic (exact) mass is 311 g/mol. The van der Waals surface area contributed by atoms with E-state index in [1.165, 1.54) is 0 Å². The molecule has 0 aliphatic heterocycles. The molecule has 1 N–H and O–H groups in total. The Balaban J connectivity index is 2.55. The van der Waals surface area contributed by atoms with Gasteiger partial charge in [0.15, 0.2) is 11.6 Å². The van der Waals surface area contributed by atoms with Crippen molar-refractivity contribution >= 4 is 28.7 Å². The van der Waals surface area contributed by atoms with Crippen LogP contribution in [0.1, 0.15) is 25.1 Å². The van der Waals surface area contributed by atoms with Crippen molar-refractivity contribution in [2.24, 2.45) is 7.05 Å². The topological polar surface area (TPSA) is 29.9 Å². The highest BCUT2D eigenvalue weighted by Gasteiger charge is 2.18. The molecule has 3 nitrogen and oxygen atoms in total. The molecule has 2 rings (SSSR count). The summed E-state index contributed by atoms with van der Waals surface area (Å²) in [5.74, 6) is -0.964. The van der Waals surface area contributed by atoms with Crippen molar-refractivity contribution in [3.63, 3.8) is 0 Å². The van der Waals surface area contributed by atoms with Crippen molar-refractivity contribution < 1.29 is 8.78 Å². The van der Waals surface area contributed by atoms with E-state index in [2.05, 4.69) is 10.4 Å². The summed E-state index contributed by atoms with van der Waals surface area (Å²) in [7, 11) is 1.72. The Morgan fingerprint density at radius 2 is 1.90 bits per heavy atom. The zero-order chi connectivity index (χ0) is 15.7. The molecule has 1 aromatic carbocycles. The Bertz CT molecular complexity index is 697. The lowest BCUT2D eigenvalue weighted by Gasteiger charge is -2.12. The number of hydrogen-bond acceptors (Lipinski definition) is 2. The third-order valence-corrected chi connectivity index (χ3v) is 3.52. The molecule has 0 radical (unpaired) electrons.